The molecule has 2 N–H and O–H groups in total. The Hall–Kier alpha value is -1.55. The first-order valence-electron chi connectivity index (χ1n) is 8.88. The van der Waals surface area contributed by atoms with Gasteiger partial charge in [0.05, 0.1) is 0 Å². The normalized spacial score (nSPS) is 24.6. The summed E-state index contributed by atoms with van der Waals surface area (Å²) in [6, 6.07) is 6.57. The van der Waals surface area contributed by atoms with Crippen molar-refractivity contribution in [2.24, 2.45) is 5.92 Å². The Labute approximate surface area is 139 Å². The topological polar surface area (TPSA) is 50.4 Å². The highest BCUT2D eigenvalue weighted by molar-refractivity contribution is 5.76. The molecule has 0 aliphatic carbocycles. The number of amides is 1. The van der Waals surface area contributed by atoms with Crippen molar-refractivity contribution in [3.63, 3.8) is 0 Å². The van der Waals surface area contributed by atoms with Gasteiger partial charge in [0.1, 0.15) is 11.9 Å². The number of fused-ring (bicyclic) bond motifs is 1. The molecular formula is C19H28N2O2. The lowest BCUT2D eigenvalue weighted by Crippen LogP contribution is -2.38. The van der Waals surface area contributed by atoms with Crippen molar-refractivity contribution in [1.82, 2.24) is 10.6 Å². The number of rotatable bonds is 5. The highest BCUT2D eigenvalue weighted by atomic mass is 16.5. The van der Waals surface area contributed by atoms with Gasteiger partial charge in [-0.1, -0.05) is 12.1 Å². The Morgan fingerprint density at radius 3 is 3.13 bits per heavy atom. The molecule has 1 amide bonds. The van der Waals surface area contributed by atoms with E-state index in [0.29, 0.717) is 12.3 Å². The van der Waals surface area contributed by atoms with E-state index in [4.69, 9.17) is 4.74 Å². The number of hydrogen-bond donors (Lipinski definition) is 2. The van der Waals surface area contributed by atoms with E-state index < -0.39 is 0 Å². The van der Waals surface area contributed by atoms with Gasteiger partial charge < -0.3 is 15.4 Å². The quantitative estimate of drug-likeness (QED) is 0.877. The average Bonchev–Trinajstić information content (AvgIpc) is 2.87. The van der Waals surface area contributed by atoms with Crippen LogP contribution in [0.4, 0.5) is 0 Å². The first kappa shape index (κ1) is 16.3. The summed E-state index contributed by atoms with van der Waals surface area (Å²) in [6.07, 6.45) is 5.13. The fourth-order valence-electron chi connectivity index (χ4n) is 3.70. The first-order valence-corrected chi connectivity index (χ1v) is 8.88. The second-order valence-corrected chi connectivity index (χ2v) is 7.16. The zero-order chi connectivity index (χ0) is 16.2. The van der Waals surface area contributed by atoms with Gasteiger partial charge in [0, 0.05) is 18.9 Å². The largest absolute Gasteiger partial charge is 0.490 e. The van der Waals surface area contributed by atoms with Crippen molar-refractivity contribution in [1.29, 1.82) is 0 Å². The lowest BCUT2D eigenvalue weighted by Gasteiger charge is -2.23. The van der Waals surface area contributed by atoms with Crippen LogP contribution >= 0.6 is 0 Å². The smallest absolute Gasteiger partial charge is 0.220 e. The van der Waals surface area contributed by atoms with Crippen LogP contribution in [0.2, 0.25) is 0 Å². The Bertz CT molecular complexity index is 552. The van der Waals surface area contributed by atoms with E-state index in [-0.39, 0.29) is 18.1 Å². The van der Waals surface area contributed by atoms with Crippen molar-refractivity contribution in [2.45, 2.75) is 58.1 Å². The maximum atomic E-state index is 12.2. The number of nitrogens with one attached hydrogen (secondary N) is 2. The SMILES string of the molecule is CC1Cc2cc(C[C@@H](C)NC(=O)C[C@H]3CCCNC3)ccc2O1. The Morgan fingerprint density at radius 1 is 1.48 bits per heavy atom. The van der Waals surface area contributed by atoms with E-state index in [0.717, 1.165) is 38.1 Å². The van der Waals surface area contributed by atoms with Gasteiger partial charge in [-0.15, -0.1) is 0 Å². The molecule has 1 aromatic carbocycles. The van der Waals surface area contributed by atoms with Crippen molar-refractivity contribution in [2.75, 3.05) is 13.1 Å². The molecule has 126 valence electrons. The molecule has 2 aliphatic heterocycles. The van der Waals surface area contributed by atoms with E-state index in [9.17, 15) is 4.79 Å². The van der Waals surface area contributed by atoms with E-state index in [2.05, 4.69) is 42.7 Å². The first-order chi connectivity index (χ1) is 11.1. The molecule has 23 heavy (non-hydrogen) atoms. The Balaban J connectivity index is 1.48. The summed E-state index contributed by atoms with van der Waals surface area (Å²) in [4.78, 5) is 12.2. The number of carbonyl (C=O) groups is 1. The van der Waals surface area contributed by atoms with Gasteiger partial charge >= 0.3 is 0 Å². The van der Waals surface area contributed by atoms with Crippen LogP contribution in [0.5, 0.6) is 5.75 Å². The highest BCUT2D eigenvalue weighted by Crippen LogP contribution is 2.29. The minimum Gasteiger partial charge on any atom is -0.490 e. The van der Waals surface area contributed by atoms with Gasteiger partial charge in [-0.2, -0.15) is 0 Å². The van der Waals surface area contributed by atoms with Crippen LogP contribution in [-0.4, -0.2) is 31.1 Å². The number of carbonyl (C=O) groups excluding carboxylic acids is 1. The Morgan fingerprint density at radius 2 is 2.35 bits per heavy atom. The lowest BCUT2D eigenvalue weighted by molar-refractivity contribution is -0.122. The molecule has 4 nitrogen and oxygen atoms in total. The van der Waals surface area contributed by atoms with Gasteiger partial charge in [0.15, 0.2) is 0 Å². The number of ether oxygens (including phenoxy) is 1. The molecule has 2 aliphatic rings. The van der Waals surface area contributed by atoms with Crippen LogP contribution in [0.25, 0.3) is 0 Å². The van der Waals surface area contributed by atoms with Crippen LogP contribution in [0.15, 0.2) is 18.2 Å². The minimum absolute atomic E-state index is 0.164. The molecule has 0 bridgehead atoms. The molecule has 4 heteroatoms. The van der Waals surface area contributed by atoms with Crippen LogP contribution in [0, 0.1) is 5.92 Å². The van der Waals surface area contributed by atoms with Gasteiger partial charge in [-0.25, -0.2) is 0 Å². The van der Waals surface area contributed by atoms with Crippen LogP contribution in [-0.2, 0) is 17.6 Å². The fourth-order valence-corrected chi connectivity index (χ4v) is 3.70. The second-order valence-electron chi connectivity index (χ2n) is 7.16. The van der Waals surface area contributed by atoms with Crippen molar-refractivity contribution >= 4 is 5.91 Å². The summed E-state index contributed by atoms with van der Waals surface area (Å²) in [5.74, 6) is 1.70. The standard InChI is InChI=1S/C19H28N2O2/c1-13(21-19(22)11-16-4-3-7-20-12-16)8-15-5-6-18-17(10-15)9-14(2)23-18/h5-6,10,13-14,16,20H,3-4,7-9,11-12H2,1-2H3,(H,21,22)/t13-,14?,16-/m1/s1. The van der Waals surface area contributed by atoms with Crippen molar-refractivity contribution in [3.8, 4) is 5.75 Å². The molecule has 2 heterocycles. The Kier molecular flexibility index (Phi) is 5.21. The second kappa shape index (κ2) is 7.35. The summed E-state index contributed by atoms with van der Waals surface area (Å²) in [6.45, 7) is 6.26. The molecule has 0 saturated carbocycles. The molecule has 0 radical (unpaired) electrons. The molecule has 1 fully saturated rings. The zero-order valence-electron chi connectivity index (χ0n) is 14.2. The fraction of sp³-hybridized carbons (Fsp3) is 0.632. The minimum atomic E-state index is 0.164. The van der Waals surface area contributed by atoms with Gasteiger partial charge in [0.2, 0.25) is 5.91 Å². The number of hydrogen-bond acceptors (Lipinski definition) is 3. The molecule has 3 rings (SSSR count). The predicted octanol–water partition coefficient (Wildman–Crippen LogP) is 2.45. The van der Waals surface area contributed by atoms with E-state index in [1.165, 1.54) is 17.5 Å². The van der Waals surface area contributed by atoms with Gasteiger partial charge in [0.25, 0.3) is 0 Å². The van der Waals surface area contributed by atoms with Crippen LogP contribution in [0.3, 0.4) is 0 Å². The summed E-state index contributed by atoms with van der Waals surface area (Å²) in [7, 11) is 0. The molecule has 1 unspecified atom stereocenters. The summed E-state index contributed by atoms with van der Waals surface area (Å²) < 4.78 is 5.74. The third kappa shape index (κ3) is 4.47. The molecule has 0 spiro atoms. The molecule has 1 saturated heterocycles. The summed E-state index contributed by atoms with van der Waals surface area (Å²) in [5.41, 5.74) is 2.57. The van der Waals surface area contributed by atoms with Crippen LogP contribution in [0.1, 0.15) is 44.2 Å². The monoisotopic (exact) mass is 316 g/mol. The van der Waals surface area contributed by atoms with Crippen LogP contribution < -0.4 is 15.4 Å². The maximum absolute atomic E-state index is 12.2. The molecule has 3 atom stereocenters. The van der Waals surface area contributed by atoms with E-state index in [1.807, 2.05) is 0 Å². The number of benzene rings is 1. The van der Waals surface area contributed by atoms with Gasteiger partial charge in [-0.3, -0.25) is 4.79 Å². The van der Waals surface area contributed by atoms with Gasteiger partial charge in [-0.05, 0) is 69.3 Å². The number of piperidine rings is 1. The van der Waals surface area contributed by atoms with E-state index in [1.54, 1.807) is 0 Å². The third-order valence-electron chi connectivity index (χ3n) is 4.78. The van der Waals surface area contributed by atoms with E-state index >= 15 is 0 Å². The predicted molar refractivity (Wildman–Crippen MR) is 91.8 cm³/mol. The average molecular weight is 316 g/mol. The third-order valence-corrected chi connectivity index (χ3v) is 4.78. The summed E-state index contributed by atoms with van der Waals surface area (Å²) >= 11 is 0. The molecule has 0 aromatic heterocycles. The van der Waals surface area contributed by atoms with Crippen molar-refractivity contribution in [3.05, 3.63) is 29.3 Å². The zero-order valence-corrected chi connectivity index (χ0v) is 14.2. The van der Waals surface area contributed by atoms with Crippen molar-refractivity contribution < 1.29 is 9.53 Å². The lowest BCUT2D eigenvalue weighted by atomic mass is 9.95. The molecule has 1 aromatic rings. The summed E-state index contributed by atoms with van der Waals surface area (Å²) in [5, 5.41) is 6.52. The highest BCUT2D eigenvalue weighted by Gasteiger charge is 2.20. The maximum Gasteiger partial charge on any atom is 0.220 e. The molecular weight excluding hydrogens is 288 g/mol.